The maximum Gasteiger partial charge on any atom is 0.220 e. The molecule has 1 aromatic heterocycles. The van der Waals surface area contributed by atoms with E-state index in [1.165, 1.54) is 0 Å². The second-order valence-corrected chi connectivity index (χ2v) is 3.25. The molecule has 15 heavy (non-hydrogen) atoms. The molecule has 0 fully saturated rings. The van der Waals surface area contributed by atoms with Gasteiger partial charge in [-0.25, -0.2) is 0 Å². The fraction of sp³-hybridized carbons (Fsp3) is 0.455. The van der Waals surface area contributed by atoms with Gasteiger partial charge in [-0.15, -0.1) is 0 Å². The minimum Gasteiger partial charge on any atom is -0.396 e. The number of carbonyl (C=O) groups is 1. The second-order valence-electron chi connectivity index (χ2n) is 3.25. The molecule has 0 aliphatic carbocycles. The number of aryl methyl sites for hydroxylation is 1. The topological polar surface area (TPSA) is 62.2 Å². The molecule has 2 N–H and O–H groups in total. The third kappa shape index (κ3) is 5.12. The van der Waals surface area contributed by atoms with Gasteiger partial charge in [-0.1, -0.05) is 6.07 Å². The van der Waals surface area contributed by atoms with E-state index in [0.717, 1.165) is 5.69 Å². The van der Waals surface area contributed by atoms with Crippen molar-refractivity contribution in [1.82, 2.24) is 10.3 Å². The highest BCUT2D eigenvalue weighted by molar-refractivity contribution is 5.76. The van der Waals surface area contributed by atoms with Gasteiger partial charge in [0.15, 0.2) is 0 Å². The Kier molecular flexibility index (Phi) is 5.40. The van der Waals surface area contributed by atoms with Crippen LogP contribution in [-0.2, 0) is 11.2 Å². The van der Waals surface area contributed by atoms with Gasteiger partial charge in [0.05, 0.1) is 0 Å². The summed E-state index contributed by atoms with van der Waals surface area (Å²) in [6.07, 6.45) is 3.43. The molecule has 0 saturated heterocycles. The summed E-state index contributed by atoms with van der Waals surface area (Å²) < 4.78 is 0. The zero-order valence-corrected chi connectivity index (χ0v) is 8.65. The Morgan fingerprint density at radius 1 is 1.47 bits per heavy atom. The van der Waals surface area contributed by atoms with Gasteiger partial charge in [0.1, 0.15) is 0 Å². The summed E-state index contributed by atoms with van der Waals surface area (Å²) in [5.41, 5.74) is 0.926. The fourth-order valence-electron chi connectivity index (χ4n) is 1.18. The number of rotatable bonds is 6. The molecule has 0 saturated carbocycles. The van der Waals surface area contributed by atoms with Crippen molar-refractivity contribution in [2.24, 2.45) is 0 Å². The number of aromatic nitrogens is 1. The van der Waals surface area contributed by atoms with E-state index in [0.29, 0.717) is 25.8 Å². The molecule has 1 heterocycles. The lowest BCUT2D eigenvalue weighted by atomic mass is 10.2. The van der Waals surface area contributed by atoms with Crippen molar-refractivity contribution in [3.05, 3.63) is 30.1 Å². The number of pyridine rings is 1. The van der Waals surface area contributed by atoms with Gasteiger partial charge in [-0.05, 0) is 25.0 Å². The van der Waals surface area contributed by atoms with Gasteiger partial charge in [0.25, 0.3) is 0 Å². The minimum absolute atomic E-state index is 0.00843. The maximum absolute atomic E-state index is 11.3. The lowest BCUT2D eigenvalue weighted by molar-refractivity contribution is -0.121. The molecule has 0 atom stereocenters. The first-order chi connectivity index (χ1) is 7.33. The first kappa shape index (κ1) is 11.7. The van der Waals surface area contributed by atoms with E-state index in [1.54, 1.807) is 6.20 Å². The molecule has 4 nitrogen and oxygen atoms in total. The van der Waals surface area contributed by atoms with Crippen LogP contribution in [0.25, 0.3) is 0 Å². The summed E-state index contributed by atoms with van der Waals surface area (Å²) in [6, 6.07) is 5.66. The summed E-state index contributed by atoms with van der Waals surface area (Å²) in [6.45, 7) is 0.651. The van der Waals surface area contributed by atoms with Crippen LogP contribution >= 0.6 is 0 Å². The molecular weight excluding hydrogens is 192 g/mol. The van der Waals surface area contributed by atoms with Crippen LogP contribution in [0.15, 0.2) is 24.4 Å². The SMILES string of the molecule is O=C(CCc1ccccn1)NCCCO. The fourth-order valence-corrected chi connectivity index (χ4v) is 1.18. The van der Waals surface area contributed by atoms with Crippen molar-refractivity contribution in [2.75, 3.05) is 13.2 Å². The zero-order valence-electron chi connectivity index (χ0n) is 8.65. The first-order valence-electron chi connectivity index (χ1n) is 5.10. The smallest absolute Gasteiger partial charge is 0.220 e. The van der Waals surface area contributed by atoms with E-state index in [-0.39, 0.29) is 12.5 Å². The summed E-state index contributed by atoms with van der Waals surface area (Å²) in [7, 11) is 0. The maximum atomic E-state index is 11.3. The predicted octanol–water partition coefficient (Wildman–Crippen LogP) is 0.513. The molecule has 0 aliphatic rings. The third-order valence-electron chi connectivity index (χ3n) is 1.99. The van der Waals surface area contributed by atoms with Crippen LogP contribution in [0.3, 0.4) is 0 Å². The lowest BCUT2D eigenvalue weighted by Gasteiger charge is -2.03. The molecule has 82 valence electrons. The largest absolute Gasteiger partial charge is 0.396 e. The molecule has 0 radical (unpaired) electrons. The number of hydrogen-bond donors (Lipinski definition) is 2. The Labute approximate surface area is 89.3 Å². The van der Waals surface area contributed by atoms with Crippen LogP contribution in [0.1, 0.15) is 18.5 Å². The van der Waals surface area contributed by atoms with Crippen molar-refractivity contribution < 1.29 is 9.90 Å². The van der Waals surface area contributed by atoms with Crippen molar-refractivity contribution >= 4 is 5.91 Å². The Morgan fingerprint density at radius 3 is 3.00 bits per heavy atom. The molecular formula is C11H16N2O2. The van der Waals surface area contributed by atoms with E-state index in [4.69, 9.17) is 5.11 Å². The number of aliphatic hydroxyl groups excluding tert-OH is 1. The average molecular weight is 208 g/mol. The number of nitrogens with one attached hydrogen (secondary N) is 1. The average Bonchev–Trinajstić information content (AvgIpc) is 2.28. The number of nitrogens with zero attached hydrogens (tertiary/aromatic N) is 1. The number of amides is 1. The Hall–Kier alpha value is -1.42. The molecule has 1 amide bonds. The monoisotopic (exact) mass is 208 g/mol. The summed E-state index contributed by atoms with van der Waals surface area (Å²) in [5, 5.41) is 11.3. The van der Waals surface area contributed by atoms with Gasteiger partial charge in [0.2, 0.25) is 5.91 Å². The van der Waals surface area contributed by atoms with Gasteiger partial charge in [0, 0.05) is 31.5 Å². The summed E-state index contributed by atoms with van der Waals surface area (Å²) in [5.74, 6) is 0.00843. The second kappa shape index (κ2) is 6.95. The van der Waals surface area contributed by atoms with E-state index >= 15 is 0 Å². The molecule has 0 aliphatic heterocycles. The lowest BCUT2D eigenvalue weighted by Crippen LogP contribution is -2.25. The molecule has 1 rings (SSSR count). The molecule has 0 spiro atoms. The van der Waals surface area contributed by atoms with Gasteiger partial charge in [-0.2, -0.15) is 0 Å². The van der Waals surface area contributed by atoms with Crippen LogP contribution in [0.4, 0.5) is 0 Å². The molecule has 1 aromatic rings. The standard InChI is InChI=1S/C11H16N2O2/c14-9-3-8-13-11(15)6-5-10-4-1-2-7-12-10/h1-2,4,7,14H,3,5-6,8-9H2,(H,13,15). The Bertz CT molecular complexity index is 288. The van der Waals surface area contributed by atoms with Crippen molar-refractivity contribution in [1.29, 1.82) is 0 Å². The minimum atomic E-state index is 0.00843. The number of carbonyl (C=O) groups excluding carboxylic acids is 1. The van der Waals surface area contributed by atoms with Crippen molar-refractivity contribution in [2.45, 2.75) is 19.3 Å². The van der Waals surface area contributed by atoms with Crippen LogP contribution in [0, 0.1) is 0 Å². The molecule has 0 bridgehead atoms. The quantitative estimate of drug-likeness (QED) is 0.670. The van der Waals surface area contributed by atoms with E-state index in [2.05, 4.69) is 10.3 Å². The highest BCUT2D eigenvalue weighted by Gasteiger charge is 2.01. The third-order valence-corrected chi connectivity index (χ3v) is 1.99. The number of aliphatic hydroxyl groups is 1. The zero-order chi connectivity index (χ0) is 10.9. The van der Waals surface area contributed by atoms with Gasteiger partial charge < -0.3 is 10.4 Å². The van der Waals surface area contributed by atoms with Gasteiger partial charge in [-0.3, -0.25) is 9.78 Å². The Morgan fingerprint density at radius 2 is 2.33 bits per heavy atom. The molecule has 0 aromatic carbocycles. The molecule has 4 heteroatoms. The van der Waals surface area contributed by atoms with Crippen LogP contribution in [0.5, 0.6) is 0 Å². The van der Waals surface area contributed by atoms with E-state index < -0.39 is 0 Å². The highest BCUT2D eigenvalue weighted by atomic mass is 16.3. The van der Waals surface area contributed by atoms with E-state index in [9.17, 15) is 4.79 Å². The van der Waals surface area contributed by atoms with Crippen molar-refractivity contribution in [3.63, 3.8) is 0 Å². The Balaban J connectivity index is 2.17. The summed E-state index contributed by atoms with van der Waals surface area (Å²) in [4.78, 5) is 15.4. The predicted molar refractivity (Wildman–Crippen MR) is 57.3 cm³/mol. The highest BCUT2D eigenvalue weighted by Crippen LogP contribution is 1.97. The van der Waals surface area contributed by atoms with Gasteiger partial charge >= 0.3 is 0 Å². The van der Waals surface area contributed by atoms with Crippen LogP contribution < -0.4 is 5.32 Å². The number of hydrogen-bond acceptors (Lipinski definition) is 3. The van der Waals surface area contributed by atoms with Crippen molar-refractivity contribution in [3.8, 4) is 0 Å². The molecule has 0 unspecified atom stereocenters. The normalized spacial score (nSPS) is 9.93. The first-order valence-corrected chi connectivity index (χ1v) is 5.10. The van der Waals surface area contributed by atoms with E-state index in [1.807, 2.05) is 18.2 Å². The van der Waals surface area contributed by atoms with Crippen LogP contribution in [0.2, 0.25) is 0 Å². The summed E-state index contributed by atoms with van der Waals surface area (Å²) >= 11 is 0. The van der Waals surface area contributed by atoms with Crippen LogP contribution in [-0.4, -0.2) is 29.1 Å².